The lowest BCUT2D eigenvalue weighted by atomic mass is 10.0. The van der Waals surface area contributed by atoms with Crippen LogP contribution in [0.3, 0.4) is 0 Å². The smallest absolute Gasteiger partial charge is 0.359 e. The molecule has 0 radical (unpaired) electrons. The molecule has 0 rings (SSSR count). The van der Waals surface area contributed by atoms with E-state index < -0.39 is 11.9 Å². The van der Waals surface area contributed by atoms with Crippen molar-refractivity contribution in [3.05, 3.63) is 0 Å². The Morgan fingerprint density at radius 3 is 1.20 bits per heavy atom. The minimum Gasteiger partial charge on any atom is -0.477 e. The van der Waals surface area contributed by atoms with Gasteiger partial charge in [0.25, 0.3) is 0 Å². The summed E-state index contributed by atoms with van der Waals surface area (Å²) in [7, 11) is 0. The summed E-state index contributed by atoms with van der Waals surface area (Å²) in [4.78, 5) is 22.3. The van der Waals surface area contributed by atoms with Crippen LogP contribution in [0.1, 0.15) is 110 Å². The molecule has 6 nitrogen and oxygen atoms in total. The van der Waals surface area contributed by atoms with Gasteiger partial charge in [0, 0.05) is 0 Å². The van der Waals surface area contributed by atoms with E-state index in [4.69, 9.17) is 10.2 Å². The van der Waals surface area contributed by atoms with Gasteiger partial charge in [-0.25, -0.2) is 9.59 Å². The molecule has 0 spiro atoms. The van der Waals surface area contributed by atoms with Crippen LogP contribution >= 0.6 is 0 Å². The Labute approximate surface area is 184 Å². The minimum absolute atomic E-state index is 0.0697. The van der Waals surface area contributed by atoms with Crippen LogP contribution in [-0.2, 0) is 9.59 Å². The first-order valence-electron chi connectivity index (χ1n) is 12.4. The number of nitrogens with zero attached hydrogens (tertiary/aromatic N) is 1. The van der Waals surface area contributed by atoms with Crippen LogP contribution in [0.25, 0.3) is 0 Å². The molecule has 0 amide bonds. The Morgan fingerprint density at radius 1 is 0.567 bits per heavy atom. The number of aliphatic carboxylic acids is 2. The Morgan fingerprint density at radius 2 is 0.900 bits per heavy atom. The Bertz CT molecular complexity index is 412. The molecular weight excluding hydrogens is 382 g/mol. The van der Waals surface area contributed by atoms with Gasteiger partial charge < -0.3 is 19.8 Å². The fourth-order valence-electron chi connectivity index (χ4n) is 4.27. The van der Waals surface area contributed by atoms with Crippen LogP contribution in [0, 0.1) is 0 Å². The zero-order chi connectivity index (χ0) is 22.5. The second-order valence-corrected chi connectivity index (χ2v) is 8.92. The van der Waals surface area contributed by atoms with Crippen molar-refractivity contribution >= 4 is 11.9 Å². The predicted octanol–water partition coefficient (Wildman–Crippen LogP) is 5.23. The molecule has 178 valence electrons. The fraction of sp³-hybridized carbons (Fsp3) is 0.917. The van der Waals surface area contributed by atoms with E-state index in [0.717, 1.165) is 19.3 Å². The second-order valence-electron chi connectivity index (χ2n) is 8.92. The van der Waals surface area contributed by atoms with E-state index in [1.54, 1.807) is 0 Å². The average molecular weight is 431 g/mol. The van der Waals surface area contributed by atoms with Crippen LogP contribution in [0.4, 0.5) is 0 Å². The Kier molecular flexibility index (Phi) is 19.0. The standard InChI is InChI=1S/C24H47NO5/c1-2-3-4-5-6-7-8-9-10-11-12-13-14-15-16-17-18-25(19-20-26,21-23(27)28)22-24(29)30/h26H,2-22H2,1H3,(H-,27,28,29,30)/p+1. The third-order valence-corrected chi connectivity index (χ3v) is 6.00. The summed E-state index contributed by atoms with van der Waals surface area (Å²) in [5.41, 5.74) is 0. The number of rotatable bonds is 23. The van der Waals surface area contributed by atoms with E-state index in [1.807, 2.05) is 0 Å². The van der Waals surface area contributed by atoms with Crippen LogP contribution in [0.15, 0.2) is 0 Å². The maximum absolute atomic E-state index is 11.2. The third kappa shape index (κ3) is 17.7. The molecule has 0 aromatic carbocycles. The van der Waals surface area contributed by atoms with E-state index in [0.29, 0.717) is 6.54 Å². The molecule has 0 saturated carbocycles. The van der Waals surface area contributed by atoms with Gasteiger partial charge in [-0.3, -0.25) is 0 Å². The largest absolute Gasteiger partial charge is 0.477 e. The van der Waals surface area contributed by atoms with Crippen LogP contribution in [0.2, 0.25) is 0 Å². The Hall–Kier alpha value is -1.14. The van der Waals surface area contributed by atoms with Crippen molar-refractivity contribution in [1.29, 1.82) is 0 Å². The highest BCUT2D eigenvalue weighted by molar-refractivity contribution is 5.70. The zero-order valence-electron chi connectivity index (χ0n) is 19.5. The van der Waals surface area contributed by atoms with Gasteiger partial charge in [-0.2, -0.15) is 0 Å². The van der Waals surface area contributed by atoms with Gasteiger partial charge in [-0.15, -0.1) is 0 Å². The topological polar surface area (TPSA) is 94.8 Å². The summed E-state index contributed by atoms with van der Waals surface area (Å²) in [5.74, 6) is -2.03. The fourth-order valence-corrected chi connectivity index (χ4v) is 4.27. The van der Waals surface area contributed by atoms with Gasteiger partial charge >= 0.3 is 11.9 Å². The SMILES string of the molecule is CCCCCCCCCCCCCCCCCC[N+](CCO)(CC(=O)O)CC(=O)O. The molecule has 0 aliphatic rings. The lowest BCUT2D eigenvalue weighted by Gasteiger charge is -2.35. The Balaban J connectivity index is 3.69. The molecule has 0 atom stereocenters. The second kappa shape index (κ2) is 19.8. The van der Waals surface area contributed by atoms with Crippen molar-refractivity contribution in [2.45, 2.75) is 110 Å². The number of hydrogen-bond acceptors (Lipinski definition) is 3. The number of hydrogen-bond donors (Lipinski definition) is 3. The number of carboxylic acids is 2. The van der Waals surface area contributed by atoms with E-state index in [-0.39, 0.29) is 30.7 Å². The highest BCUT2D eigenvalue weighted by Crippen LogP contribution is 2.15. The molecule has 0 heterocycles. The average Bonchev–Trinajstić information content (AvgIpc) is 2.66. The van der Waals surface area contributed by atoms with E-state index in [2.05, 4.69) is 6.92 Å². The summed E-state index contributed by atoms with van der Waals surface area (Å²) in [6.07, 6.45) is 20.3. The lowest BCUT2D eigenvalue weighted by molar-refractivity contribution is -0.915. The normalized spacial score (nSPS) is 11.7. The highest BCUT2D eigenvalue weighted by Gasteiger charge is 2.32. The predicted molar refractivity (Wildman–Crippen MR) is 122 cm³/mol. The number of quaternary nitrogens is 1. The van der Waals surface area contributed by atoms with Gasteiger partial charge in [0.05, 0.1) is 13.2 Å². The summed E-state index contributed by atoms with van der Waals surface area (Å²) in [6, 6.07) is 0. The molecule has 0 aromatic heterocycles. The molecule has 0 fully saturated rings. The van der Waals surface area contributed by atoms with Gasteiger partial charge in [-0.05, 0) is 12.8 Å². The van der Waals surface area contributed by atoms with Crippen molar-refractivity contribution < 1.29 is 29.4 Å². The molecule has 30 heavy (non-hydrogen) atoms. The van der Waals surface area contributed by atoms with Gasteiger partial charge in [-0.1, -0.05) is 96.8 Å². The van der Waals surface area contributed by atoms with Crippen LogP contribution in [-0.4, -0.2) is 64.5 Å². The quantitative estimate of drug-likeness (QED) is 0.152. The van der Waals surface area contributed by atoms with E-state index in [9.17, 15) is 14.7 Å². The summed E-state index contributed by atoms with van der Waals surface area (Å²) in [6.45, 7) is 2.25. The van der Waals surface area contributed by atoms with Crippen molar-refractivity contribution in [3.8, 4) is 0 Å². The molecule has 6 heteroatoms. The first kappa shape index (κ1) is 28.9. The van der Waals surface area contributed by atoms with Gasteiger partial charge in [0.1, 0.15) is 6.54 Å². The van der Waals surface area contributed by atoms with Crippen LogP contribution in [0.5, 0.6) is 0 Å². The molecule has 0 aliphatic carbocycles. The van der Waals surface area contributed by atoms with Crippen molar-refractivity contribution in [2.75, 3.05) is 32.8 Å². The van der Waals surface area contributed by atoms with E-state index >= 15 is 0 Å². The van der Waals surface area contributed by atoms with Crippen molar-refractivity contribution in [2.24, 2.45) is 0 Å². The molecule has 0 bridgehead atoms. The summed E-state index contributed by atoms with van der Waals surface area (Å²) < 4.78 is -0.0697. The third-order valence-electron chi connectivity index (χ3n) is 6.00. The molecule has 0 aromatic rings. The first-order valence-corrected chi connectivity index (χ1v) is 12.4. The number of unbranched alkanes of at least 4 members (excludes halogenated alkanes) is 15. The van der Waals surface area contributed by atoms with Crippen molar-refractivity contribution in [1.82, 2.24) is 0 Å². The lowest BCUT2D eigenvalue weighted by Crippen LogP contribution is -2.56. The number of aliphatic hydroxyl groups is 1. The van der Waals surface area contributed by atoms with Crippen LogP contribution < -0.4 is 0 Å². The van der Waals surface area contributed by atoms with E-state index in [1.165, 1.54) is 83.5 Å². The van der Waals surface area contributed by atoms with Gasteiger partial charge in [0.2, 0.25) is 0 Å². The monoisotopic (exact) mass is 430 g/mol. The number of carbonyl (C=O) groups is 2. The summed E-state index contributed by atoms with van der Waals surface area (Å²) >= 11 is 0. The maximum atomic E-state index is 11.2. The molecule has 0 saturated heterocycles. The highest BCUT2D eigenvalue weighted by atomic mass is 16.4. The van der Waals surface area contributed by atoms with Crippen molar-refractivity contribution in [3.63, 3.8) is 0 Å². The minimum atomic E-state index is -1.01. The molecular formula is C24H48NO5+. The summed E-state index contributed by atoms with van der Waals surface area (Å²) in [5, 5.41) is 27.5. The zero-order valence-corrected chi connectivity index (χ0v) is 19.5. The molecule has 0 unspecified atom stereocenters. The van der Waals surface area contributed by atoms with Gasteiger partial charge in [0.15, 0.2) is 13.1 Å². The first-order chi connectivity index (χ1) is 14.5. The maximum Gasteiger partial charge on any atom is 0.359 e. The number of aliphatic hydroxyl groups excluding tert-OH is 1. The molecule has 3 N–H and O–H groups in total. The molecule has 0 aliphatic heterocycles. The number of carboxylic acid groups (broad SMARTS) is 2.